The number of benzene rings is 1. The minimum absolute atomic E-state index is 0.0760. The Morgan fingerprint density at radius 2 is 1.69 bits per heavy atom. The molecule has 0 radical (unpaired) electrons. The molecule has 2 aliphatic rings. The van der Waals surface area contributed by atoms with Crippen LogP contribution >= 0.6 is 0 Å². The highest BCUT2D eigenvalue weighted by Crippen LogP contribution is 2.40. The number of nitrogens with zero attached hydrogens (tertiary/aromatic N) is 3. The molecule has 1 aliphatic heterocycles. The Kier molecular flexibility index (Phi) is 4.24. The summed E-state index contributed by atoms with van der Waals surface area (Å²) in [5, 5.41) is 5.97. The molecule has 140 valence electrons. The molecule has 2 fully saturated rings. The van der Waals surface area contributed by atoms with E-state index >= 15 is 0 Å². The van der Waals surface area contributed by atoms with E-state index in [1.165, 1.54) is 28.6 Å². The van der Waals surface area contributed by atoms with Crippen molar-refractivity contribution in [2.45, 2.75) is 29.1 Å². The van der Waals surface area contributed by atoms with Gasteiger partial charge in [0.2, 0.25) is 16.0 Å². The molecule has 2 aromatic rings. The van der Waals surface area contributed by atoms with Crippen molar-refractivity contribution < 1.29 is 16.8 Å². The predicted octanol–water partition coefficient (Wildman–Crippen LogP) is 1.03. The Balaban J connectivity index is 1.69. The van der Waals surface area contributed by atoms with Crippen LogP contribution < -0.4 is 4.72 Å². The van der Waals surface area contributed by atoms with Crippen LogP contribution in [0.25, 0.3) is 0 Å². The van der Waals surface area contributed by atoms with Gasteiger partial charge in [0.25, 0.3) is 10.0 Å². The monoisotopic (exact) mass is 397 g/mol. The van der Waals surface area contributed by atoms with Crippen molar-refractivity contribution in [3.8, 4) is 0 Å². The smallest absolute Gasteiger partial charge is 0.248 e. The summed E-state index contributed by atoms with van der Waals surface area (Å²) in [6.45, 7) is 0.911. The maximum absolute atomic E-state index is 13.1. The Bertz CT molecular complexity index is 992. The average Bonchev–Trinajstić information content (AvgIpc) is 3.31. The summed E-state index contributed by atoms with van der Waals surface area (Å²) in [6.07, 6.45) is 4.35. The first-order chi connectivity index (χ1) is 12.4. The van der Waals surface area contributed by atoms with Crippen LogP contribution in [0.1, 0.15) is 19.3 Å². The highest BCUT2D eigenvalue weighted by atomic mass is 32.2. The summed E-state index contributed by atoms with van der Waals surface area (Å²) in [4.78, 5) is 3.20. The number of anilines is 1. The third-order valence-electron chi connectivity index (χ3n) is 5.10. The lowest BCUT2D eigenvalue weighted by Gasteiger charge is -2.19. The van der Waals surface area contributed by atoms with E-state index in [0.29, 0.717) is 24.9 Å². The molecule has 2 N–H and O–H groups in total. The minimum atomic E-state index is -4.13. The number of fused-ring (bicyclic) bond motifs is 1. The van der Waals surface area contributed by atoms with Crippen LogP contribution in [0, 0.1) is 11.8 Å². The number of hydrogen-bond donors (Lipinski definition) is 2. The summed E-state index contributed by atoms with van der Waals surface area (Å²) >= 11 is 0. The molecule has 0 bridgehead atoms. The molecule has 1 aromatic heterocycles. The number of aromatic amines is 1. The first-order valence-electron chi connectivity index (χ1n) is 8.35. The van der Waals surface area contributed by atoms with Crippen molar-refractivity contribution in [3.63, 3.8) is 0 Å². The van der Waals surface area contributed by atoms with Crippen LogP contribution in [0.15, 0.2) is 40.4 Å². The van der Waals surface area contributed by atoms with Gasteiger partial charge in [0.05, 0.1) is 0 Å². The lowest BCUT2D eigenvalue weighted by molar-refractivity contribution is 0.443. The molecule has 1 aliphatic carbocycles. The van der Waals surface area contributed by atoms with Crippen molar-refractivity contribution in [2.24, 2.45) is 11.8 Å². The van der Waals surface area contributed by atoms with Gasteiger partial charge in [-0.2, -0.15) is 14.4 Å². The van der Waals surface area contributed by atoms with Crippen LogP contribution in [0.3, 0.4) is 0 Å². The largest absolute Gasteiger partial charge is 0.265 e. The van der Waals surface area contributed by atoms with Crippen molar-refractivity contribution in [2.75, 3.05) is 17.8 Å². The van der Waals surface area contributed by atoms with E-state index in [1.807, 2.05) is 0 Å². The van der Waals surface area contributed by atoms with Gasteiger partial charge < -0.3 is 0 Å². The number of H-pyrrole nitrogens is 1. The topological polar surface area (TPSA) is 125 Å². The van der Waals surface area contributed by atoms with Gasteiger partial charge in [0.15, 0.2) is 0 Å². The molecular weight excluding hydrogens is 378 g/mol. The lowest BCUT2D eigenvalue weighted by atomic mass is 10.0. The van der Waals surface area contributed by atoms with Gasteiger partial charge in [-0.3, -0.25) is 0 Å². The highest BCUT2D eigenvalue weighted by molar-refractivity contribution is 7.94. The quantitative estimate of drug-likeness (QED) is 0.776. The zero-order valence-electron chi connectivity index (χ0n) is 13.9. The van der Waals surface area contributed by atoms with Crippen LogP contribution in [-0.4, -0.2) is 49.4 Å². The Hall–Kier alpha value is -1.98. The molecule has 1 aromatic carbocycles. The number of aromatic nitrogens is 3. The molecule has 2 atom stereocenters. The molecule has 4 rings (SSSR count). The van der Waals surface area contributed by atoms with Gasteiger partial charge in [0.1, 0.15) is 16.1 Å². The fraction of sp³-hybridized carbons (Fsp3) is 0.467. The summed E-state index contributed by atoms with van der Waals surface area (Å²) < 4.78 is 55.3. The van der Waals surface area contributed by atoms with E-state index < -0.39 is 20.0 Å². The number of rotatable bonds is 5. The van der Waals surface area contributed by atoms with Gasteiger partial charge in [-0.15, -0.1) is 0 Å². The second-order valence-corrected chi connectivity index (χ2v) is 10.2. The van der Waals surface area contributed by atoms with Gasteiger partial charge in [-0.05, 0) is 36.8 Å². The third-order valence-corrected chi connectivity index (χ3v) is 8.51. The Labute approximate surface area is 151 Å². The average molecular weight is 397 g/mol. The molecule has 2 unspecified atom stereocenters. The molecule has 1 saturated carbocycles. The van der Waals surface area contributed by atoms with Gasteiger partial charge in [0, 0.05) is 13.1 Å². The Morgan fingerprint density at radius 3 is 2.31 bits per heavy atom. The SMILES string of the molecule is O=S(=O)(Nc1ncn[nH]1)c1ccccc1S(=O)(=O)N1CC2CCCC2C1. The zero-order chi connectivity index (χ0) is 18.4. The highest BCUT2D eigenvalue weighted by Gasteiger charge is 2.42. The van der Waals surface area contributed by atoms with Crippen molar-refractivity contribution in [1.29, 1.82) is 0 Å². The number of nitrogens with one attached hydrogen (secondary N) is 2. The second-order valence-electron chi connectivity index (χ2n) is 6.66. The second kappa shape index (κ2) is 6.32. The maximum Gasteiger partial charge on any atom is 0.265 e. The maximum atomic E-state index is 13.1. The van der Waals surface area contributed by atoms with E-state index in [-0.39, 0.29) is 15.7 Å². The number of hydrogen-bond acceptors (Lipinski definition) is 6. The molecule has 1 saturated heterocycles. The van der Waals surface area contributed by atoms with Gasteiger partial charge in [-0.25, -0.2) is 26.7 Å². The molecule has 9 nitrogen and oxygen atoms in total. The van der Waals surface area contributed by atoms with Crippen molar-refractivity contribution in [1.82, 2.24) is 19.5 Å². The molecule has 26 heavy (non-hydrogen) atoms. The van der Waals surface area contributed by atoms with Crippen LogP contribution in [0.5, 0.6) is 0 Å². The summed E-state index contributed by atoms with van der Waals surface area (Å²) in [6, 6.07) is 5.63. The van der Waals surface area contributed by atoms with Crippen LogP contribution in [0.2, 0.25) is 0 Å². The molecule has 0 amide bonds. The Morgan fingerprint density at radius 1 is 1.04 bits per heavy atom. The summed E-state index contributed by atoms with van der Waals surface area (Å²) in [5.41, 5.74) is 0. The minimum Gasteiger partial charge on any atom is -0.248 e. The van der Waals surface area contributed by atoms with E-state index in [4.69, 9.17) is 0 Å². The molecule has 0 spiro atoms. The number of sulfonamides is 2. The van der Waals surface area contributed by atoms with Crippen LogP contribution in [0.4, 0.5) is 5.95 Å². The van der Waals surface area contributed by atoms with Crippen LogP contribution in [-0.2, 0) is 20.0 Å². The normalized spacial score (nSPS) is 23.8. The summed E-state index contributed by atoms with van der Waals surface area (Å²) in [5.74, 6) is 0.676. The first kappa shape index (κ1) is 17.4. The summed E-state index contributed by atoms with van der Waals surface area (Å²) in [7, 11) is -8.04. The molecule has 2 heterocycles. The molecular formula is C15H19N5O4S2. The van der Waals surface area contributed by atoms with Gasteiger partial charge >= 0.3 is 0 Å². The third kappa shape index (κ3) is 2.99. The lowest BCUT2D eigenvalue weighted by Crippen LogP contribution is -2.31. The van der Waals surface area contributed by atoms with E-state index in [9.17, 15) is 16.8 Å². The van der Waals surface area contributed by atoms with E-state index in [2.05, 4.69) is 19.9 Å². The van der Waals surface area contributed by atoms with Crippen molar-refractivity contribution in [3.05, 3.63) is 30.6 Å². The zero-order valence-corrected chi connectivity index (χ0v) is 15.5. The standard InChI is InChI=1S/C15H19N5O4S2/c21-25(22,19-15-16-10-17-18-15)13-6-1-2-7-14(13)26(23,24)20-8-11-4-3-5-12(11)9-20/h1-2,6-7,10-12H,3-5,8-9H2,(H2,16,17,18,19). The first-order valence-corrected chi connectivity index (χ1v) is 11.3. The van der Waals surface area contributed by atoms with Crippen molar-refractivity contribution >= 4 is 26.0 Å². The van der Waals surface area contributed by atoms with E-state index in [0.717, 1.165) is 25.6 Å². The fourth-order valence-corrected chi connectivity index (χ4v) is 7.17. The predicted molar refractivity (Wildman–Crippen MR) is 93.2 cm³/mol. The van der Waals surface area contributed by atoms with Gasteiger partial charge in [-0.1, -0.05) is 18.6 Å². The fourth-order valence-electron chi connectivity index (χ4n) is 3.85. The molecule has 11 heteroatoms. The van der Waals surface area contributed by atoms with E-state index in [1.54, 1.807) is 0 Å².